The standard InChI is InChI=1S/C24H31N5O3/c1-31-19-11-16-18(12-20(19)32-2)26-23(27-21(16)25)29-7-5-28(6-8-29)22(30)24-4-3-15-9-14(13-24)10-17(15)24/h11-12,14-15,17H,3-10,13H2,1-2H3,(H2,25,26,27). The van der Waals surface area contributed by atoms with Crippen molar-refractivity contribution in [3.63, 3.8) is 0 Å². The van der Waals surface area contributed by atoms with E-state index >= 15 is 0 Å². The molecule has 0 radical (unpaired) electrons. The SMILES string of the molecule is COc1cc2nc(N3CCN(C(=O)C45CCC6CC(CC64)C5)CC3)nc(N)c2cc1OC. The van der Waals surface area contributed by atoms with Crippen molar-refractivity contribution in [1.82, 2.24) is 14.9 Å². The second-order valence-corrected chi connectivity index (χ2v) is 10.0. The first-order chi connectivity index (χ1) is 15.5. The number of nitrogens with zero attached hydrogens (tertiary/aromatic N) is 4. The Bertz CT molecular complexity index is 1080. The normalized spacial score (nSPS) is 30.9. The Hall–Kier alpha value is -2.77. The summed E-state index contributed by atoms with van der Waals surface area (Å²) in [4.78, 5) is 27.2. The third-order valence-electron chi connectivity index (χ3n) is 8.61. The Labute approximate surface area is 188 Å². The number of aromatic nitrogens is 2. The molecule has 4 unspecified atom stereocenters. The molecule has 3 saturated carbocycles. The fraction of sp³-hybridized carbons (Fsp3) is 0.625. The first kappa shape index (κ1) is 19.9. The molecular formula is C24H31N5O3. The molecule has 1 aromatic carbocycles. The molecule has 1 amide bonds. The first-order valence-corrected chi connectivity index (χ1v) is 11.8. The summed E-state index contributed by atoms with van der Waals surface area (Å²) in [7, 11) is 3.20. The lowest BCUT2D eigenvalue weighted by molar-refractivity contribution is -0.144. The summed E-state index contributed by atoms with van der Waals surface area (Å²) in [5.41, 5.74) is 6.95. The van der Waals surface area contributed by atoms with Crippen LogP contribution in [0.1, 0.15) is 32.1 Å². The molecule has 2 bridgehead atoms. The van der Waals surface area contributed by atoms with Crippen LogP contribution in [0.25, 0.3) is 10.9 Å². The van der Waals surface area contributed by atoms with Gasteiger partial charge in [-0.3, -0.25) is 4.79 Å². The molecule has 2 N–H and O–H groups in total. The van der Waals surface area contributed by atoms with Gasteiger partial charge in [-0.2, -0.15) is 4.98 Å². The van der Waals surface area contributed by atoms with E-state index in [2.05, 4.69) is 14.8 Å². The van der Waals surface area contributed by atoms with Crippen molar-refractivity contribution in [2.45, 2.75) is 32.1 Å². The van der Waals surface area contributed by atoms with E-state index in [4.69, 9.17) is 20.2 Å². The lowest BCUT2D eigenvalue weighted by Gasteiger charge is -2.41. The van der Waals surface area contributed by atoms with E-state index in [1.807, 2.05) is 12.1 Å². The van der Waals surface area contributed by atoms with E-state index in [1.54, 1.807) is 14.2 Å². The number of piperazine rings is 1. The molecule has 6 rings (SSSR count). The van der Waals surface area contributed by atoms with Crippen LogP contribution < -0.4 is 20.1 Å². The highest BCUT2D eigenvalue weighted by atomic mass is 16.5. The smallest absolute Gasteiger partial charge is 0.229 e. The third kappa shape index (κ3) is 2.77. The third-order valence-corrected chi connectivity index (χ3v) is 8.61. The number of hydrogen-bond acceptors (Lipinski definition) is 7. The summed E-state index contributed by atoms with van der Waals surface area (Å²) in [5, 5.41) is 0.742. The largest absolute Gasteiger partial charge is 0.493 e. The van der Waals surface area contributed by atoms with Crippen LogP contribution in [0.2, 0.25) is 0 Å². The van der Waals surface area contributed by atoms with Crippen molar-refractivity contribution in [2.24, 2.45) is 23.2 Å². The van der Waals surface area contributed by atoms with E-state index < -0.39 is 0 Å². The van der Waals surface area contributed by atoms with E-state index in [0.29, 0.717) is 35.1 Å². The van der Waals surface area contributed by atoms with E-state index in [9.17, 15) is 4.79 Å². The highest BCUT2D eigenvalue weighted by molar-refractivity contribution is 5.92. The molecule has 170 valence electrons. The number of nitrogen functional groups attached to an aromatic ring is 1. The highest BCUT2D eigenvalue weighted by Crippen LogP contribution is 2.67. The zero-order valence-electron chi connectivity index (χ0n) is 18.8. The molecule has 3 aliphatic carbocycles. The Kier molecular flexibility index (Phi) is 4.42. The number of ether oxygens (including phenoxy) is 2. The lowest BCUT2D eigenvalue weighted by Crippen LogP contribution is -2.54. The minimum atomic E-state index is -0.0464. The van der Waals surface area contributed by atoms with Gasteiger partial charge in [0.2, 0.25) is 11.9 Å². The summed E-state index contributed by atoms with van der Waals surface area (Å²) >= 11 is 0. The second-order valence-electron chi connectivity index (χ2n) is 10.0. The fourth-order valence-electron chi connectivity index (χ4n) is 7.18. The maximum Gasteiger partial charge on any atom is 0.229 e. The van der Waals surface area contributed by atoms with Crippen molar-refractivity contribution in [2.75, 3.05) is 51.0 Å². The molecule has 4 aliphatic rings. The maximum atomic E-state index is 13.6. The summed E-state index contributed by atoms with van der Waals surface area (Å²) in [6, 6.07) is 3.65. The molecule has 2 heterocycles. The Morgan fingerprint density at radius 2 is 1.84 bits per heavy atom. The number of nitrogens with two attached hydrogens (primary N) is 1. The van der Waals surface area contributed by atoms with Gasteiger partial charge in [0.05, 0.1) is 25.2 Å². The van der Waals surface area contributed by atoms with Crippen LogP contribution in [0.15, 0.2) is 12.1 Å². The molecule has 1 saturated heterocycles. The Balaban J connectivity index is 1.20. The summed E-state index contributed by atoms with van der Waals surface area (Å²) < 4.78 is 10.8. The van der Waals surface area contributed by atoms with Crippen molar-refractivity contribution in [1.29, 1.82) is 0 Å². The van der Waals surface area contributed by atoms with Gasteiger partial charge in [-0.05, 0) is 55.9 Å². The maximum absolute atomic E-state index is 13.6. The molecular weight excluding hydrogens is 406 g/mol. The van der Waals surface area contributed by atoms with Gasteiger partial charge in [-0.1, -0.05) is 0 Å². The quantitative estimate of drug-likeness (QED) is 0.786. The molecule has 8 heteroatoms. The summed E-state index contributed by atoms with van der Waals surface area (Å²) in [6.45, 7) is 2.88. The van der Waals surface area contributed by atoms with Gasteiger partial charge in [-0.15, -0.1) is 0 Å². The second kappa shape index (κ2) is 7.12. The van der Waals surface area contributed by atoms with Crippen molar-refractivity contribution in [3.8, 4) is 11.5 Å². The number of rotatable bonds is 4. The van der Waals surface area contributed by atoms with E-state index in [-0.39, 0.29) is 5.41 Å². The summed E-state index contributed by atoms with van der Waals surface area (Å²) in [6.07, 6.45) is 6.14. The van der Waals surface area contributed by atoms with Crippen LogP contribution in [-0.4, -0.2) is 61.2 Å². The zero-order valence-corrected chi connectivity index (χ0v) is 18.8. The lowest BCUT2D eigenvalue weighted by atomic mass is 9.73. The summed E-state index contributed by atoms with van der Waals surface area (Å²) in [5.74, 6) is 4.90. The molecule has 2 aromatic rings. The van der Waals surface area contributed by atoms with Gasteiger partial charge >= 0.3 is 0 Å². The molecule has 4 atom stereocenters. The van der Waals surface area contributed by atoms with Gasteiger partial charge in [0, 0.05) is 37.6 Å². The number of amides is 1. The van der Waals surface area contributed by atoms with Crippen LogP contribution >= 0.6 is 0 Å². The van der Waals surface area contributed by atoms with Crippen molar-refractivity contribution in [3.05, 3.63) is 12.1 Å². The number of methoxy groups -OCH3 is 2. The molecule has 0 spiro atoms. The molecule has 32 heavy (non-hydrogen) atoms. The number of fused-ring (bicyclic) bond motifs is 2. The van der Waals surface area contributed by atoms with Crippen LogP contribution in [0.5, 0.6) is 11.5 Å². The van der Waals surface area contributed by atoms with E-state index in [1.165, 1.54) is 19.3 Å². The van der Waals surface area contributed by atoms with Gasteiger partial charge in [-0.25, -0.2) is 4.98 Å². The van der Waals surface area contributed by atoms with E-state index in [0.717, 1.165) is 61.8 Å². The predicted molar refractivity (Wildman–Crippen MR) is 122 cm³/mol. The first-order valence-electron chi connectivity index (χ1n) is 11.8. The average molecular weight is 438 g/mol. The Morgan fingerprint density at radius 1 is 1.09 bits per heavy atom. The van der Waals surface area contributed by atoms with Crippen molar-refractivity contribution < 1.29 is 14.3 Å². The van der Waals surface area contributed by atoms with Gasteiger partial charge in [0.15, 0.2) is 11.5 Å². The van der Waals surface area contributed by atoms with Crippen LogP contribution in [-0.2, 0) is 4.79 Å². The number of benzene rings is 1. The van der Waals surface area contributed by atoms with Gasteiger partial charge in [0.25, 0.3) is 0 Å². The van der Waals surface area contributed by atoms with Crippen LogP contribution in [0.4, 0.5) is 11.8 Å². The molecule has 1 aromatic heterocycles. The monoisotopic (exact) mass is 437 g/mol. The molecule has 4 fully saturated rings. The predicted octanol–water partition coefficient (Wildman–Crippen LogP) is 2.70. The fourth-order valence-corrected chi connectivity index (χ4v) is 7.18. The van der Waals surface area contributed by atoms with Crippen LogP contribution in [0.3, 0.4) is 0 Å². The van der Waals surface area contributed by atoms with Gasteiger partial charge < -0.3 is 25.0 Å². The van der Waals surface area contributed by atoms with Gasteiger partial charge in [0.1, 0.15) is 5.82 Å². The number of carbonyl (C=O) groups is 1. The minimum absolute atomic E-state index is 0.0464. The van der Waals surface area contributed by atoms with Crippen molar-refractivity contribution >= 4 is 28.6 Å². The number of hydrogen-bond donors (Lipinski definition) is 1. The average Bonchev–Trinajstić information content (AvgIpc) is 3.44. The number of carbonyl (C=O) groups excluding carboxylic acids is 1. The Morgan fingerprint density at radius 3 is 2.56 bits per heavy atom. The van der Waals surface area contributed by atoms with Crippen LogP contribution in [0, 0.1) is 23.2 Å². The zero-order chi connectivity index (χ0) is 22.0. The molecule has 8 nitrogen and oxygen atoms in total. The molecule has 1 aliphatic heterocycles. The highest BCUT2D eigenvalue weighted by Gasteiger charge is 2.63. The number of anilines is 2. The topological polar surface area (TPSA) is 93.8 Å². The minimum Gasteiger partial charge on any atom is -0.493 e.